The van der Waals surface area contributed by atoms with E-state index >= 15 is 0 Å². The van der Waals surface area contributed by atoms with Gasteiger partial charge in [-0.05, 0) is 24.1 Å². The third-order valence-corrected chi connectivity index (χ3v) is 3.46. The molecule has 1 fully saturated rings. The number of halogens is 3. The van der Waals surface area contributed by atoms with Crippen molar-refractivity contribution >= 4 is 0 Å². The van der Waals surface area contributed by atoms with E-state index in [1.165, 1.54) is 0 Å². The Hall–Kier alpha value is -1.11. The number of hydrogen-bond acceptors (Lipinski definition) is 3. The molecule has 0 unspecified atom stereocenters. The predicted octanol–water partition coefficient (Wildman–Crippen LogP) is 1.28. The summed E-state index contributed by atoms with van der Waals surface area (Å²) in [6.45, 7) is 1.14. The highest BCUT2D eigenvalue weighted by molar-refractivity contribution is 5.19. The first kappa shape index (κ1) is 14.3. The molecule has 1 aromatic carbocycles. The number of likely N-dealkylation sites (tertiary alicyclic amines) is 1. The van der Waals surface area contributed by atoms with Crippen molar-refractivity contribution in [2.45, 2.75) is 19.1 Å². The molecule has 0 radical (unpaired) electrons. The van der Waals surface area contributed by atoms with Gasteiger partial charge >= 0.3 is 0 Å². The van der Waals surface area contributed by atoms with Crippen LogP contribution >= 0.6 is 0 Å². The summed E-state index contributed by atoms with van der Waals surface area (Å²) in [6, 6.07) is 1.94. The lowest BCUT2D eigenvalue weighted by atomic mass is 9.95. The largest absolute Gasteiger partial charge is 0.396 e. The average Bonchev–Trinajstić information content (AvgIpc) is 2.38. The average molecular weight is 275 g/mol. The van der Waals surface area contributed by atoms with E-state index in [2.05, 4.69) is 0 Å². The van der Waals surface area contributed by atoms with Crippen LogP contribution in [0.1, 0.15) is 12.0 Å². The van der Waals surface area contributed by atoms with E-state index in [4.69, 9.17) is 5.11 Å². The van der Waals surface area contributed by atoms with Gasteiger partial charge in [-0.25, -0.2) is 13.2 Å². The van der Waals surface area contributed by atoms with E-state index in [-0.39, 0.29) is 19.1 Å². The number of piperidine rings is 1. The fourth-order valence-corrected chi connectivity index (χ4v) is 2.38. The summed E-state index contributed by atoms with van der Waals surface area (Å²) >= 11 is 0. The summed E-state index contributed by atoms with van der Waals surface area (Å²) in [5.41, 5.74) is 0.337. The molecule has 1 aromatic rings. The van der Waals surface area contributed by atoms with Crippen LogP contribution in [0.15, 0.2) is 12.1 Å². The van der Waals surface area contributed by atoms with Crippen LogP contribution in [0.4, 0.5) is 13.2 Å². The molecule has 0 bridgehead atoms. The first-order chi connectivity index (χ1) is 9.01. The number of benzene rings is 1. The molecule has 1 saturated heterocycles. The Morgan fingerprint density at radius 3 is 2.42 bits per heavy atom. The van der Waals surface area contributed by atoms with Gasteiger partial charge in [-0.15, -0.1) is 0 Å². The van der Waals surface area contributed by atoms with Crippen molar-refractivity contribution < 1.29 is 23.4 Å². The van der Waals surface area contributed by atoms with Crippen LogP contribution in [0.5, 0.6) is 0 Å². The van der Waals surface area contributed by atoms with Crippen molar-refractivity contribution in [1.29, 1.82) is 0 Å². The molecule has 1 aliphatic heterocycles. The van der Waals surface area contributed by atoms with Crippen molar-refractivity contribution in [3.63, 3.8) is 0 Å². The SMILES string of the molecule is OC[C@H]1CN(Cc2cc(F)c(F)c(F)c2)CC[C@H]1O. The topological polar surface area (TPSA) is 43.7 Å². The molecule has 1 aliphatic rings. The van der Waals surface area contributed by atoms with Crippen LogP contribution in [0, 0.1) is 23.4 Å². The molecule has 6 heteroatoms. The van der Waals surface area contributed by atoms with Crippen molar-refractivity contribution in [3.05, 3.63) is 35.1 Å². The maximum absolute atomic E-state index is 13.1. The van der Waals surface area contributed by atoms with Gasteiger partial charge in [0.15, 0.2) is 17.5 Å². The lowest BCUT2D eigenvalue weighted by Crippen LogP contribution is -2.44. The smallest absolute Gasteiger partial charge is 0.194 e. The van der Waals surface area contributed by atoms with Crippen LogP contribution in [-0.4, -0.2) is 40.9 Å². The summed E-state index contributed by atoms with van der Waals surface area (Å²) in [7, 11) is 0. The predicted molar refractivity (Wildman–Crippen MR) is 62.8 cm³/mol. The fourth-order valence-electron chi connectivity index (χ4n) is 2.38. The third kappa shape index (κ3) is 3.26. The zero-order chi connectivity index (χ0) is 14.0. The third-order valence-electron chi connectivity index (χ3n) is 3.46. The van der Waals surface area contributed by atoms with Crippen molar-refractivity contribution in [2.24, 2.45) is 5.92 Å². The molecule has 0 amide bonds. The molecule has 1 heterocycles. The van der Waals surface area contributed by atoms with E-state index in [9.17, 15) is 18.3 Å². The Balaban J connectivity index is 2.05. The van der Waals surface area contributed by atoms with Crippen molar-refractivity contribution in [2.75, 3.05) is 19.7 Å². The van der Waals surface area contributed by atoms with Gasteiger partial charge in [-0.3, -0.25) is 4.90 Å². The van der Waals surface area contributed by atoms with E-state index in [1.54, 1.807) is 0 Å². The van der Waals surface area contributed by atoms with E-state index < -0.39 is 23.6 Å². The number of hydrogen-bond donors (Lipinski definition) is 2. The van der Waals surface area contributed by atoms with Gasteiger partial charge in [0.25, 0.3) is 0 Å². The Morgan fingerprint density at radius 1 is 1.21 bits per heavy atom. The van der Waals surface area contributed by atoms with Crippen LogP contribution in [0.3, 0.4) is 0 Å². The summed E-state index contributed by atoms with van der Waals surface area (Å²) in [4.78, 5) is 1.87. The van der Waals surface area contributed by atoms with Gasteiger partial charge in [-0.2, -0.15) is 0 Å². The normalized spacial score (nSPS) is 24.7. The monoisotopic (exact) mass is 275 g/mol. The minimum Gasteiger partial charge on any atom is -0.396 e. The standard InChI is InChI=1S/C13H16F3NO2/c14-10-3-8(4-11(15)13(10)16)5-17-2-1-12(19)9(6-17)7-18/h3-4,9,12,18-19H,1-2,5-7H2/t9-,12-/m1/s1. The Kier molecular flexibility index (Phi) is 4.44. The van der Waals surface area contributed by atoms with Gasteiger partial charge in [0.05, 0.1) is 6.10 Å². The Bertz CT molecular complexity index is 433. The summed E-state index contributed by atoms with van der Waals surface area (Å²) in [5.74, 6) is -4.13. The lowest BCUT2D eigenvalue weighted by molar-refractivity contribution is -0.00206. The molecule has 2 atom stereocenters. The van der Waals surface area contributed by atoms with Crippen LogP contribution in [-0.2, 0) is 6.54 Å². The van der Waals surface area contributed by atoms with Crippen LogP contribution in [0.2, 0.25) is 0 Å². The van der Waals surface area contributed by atoms with Crippen molar-refractivity contribution in [3.8, 4) is 0 Å². The number of rotatable bonds is 3. The second-order valence-corrected chi connectivity index (χ2v) is 4.91. The minimum atomic E-state index is -1.47. The van der Waals surface area contributed by atoms with Gasteiger partial charge in [-0.1, -0.05) is 0 Å². The second-order valence-electron chi connectivity index (χ2n) is 4.91. The number of aliphatic hydroxyl groups excluding tert-OH is 2. The summed E-state index contributed by atoms with van der Waals surface area (Å²) in [5, 5.41) is 18.7. The molecular formula is C13H16F3NO2. The molecule has 106 valence electrons. The second kappa shape index (κ2) is 5.90. The maximum Gasteiger partial charge on any atom is 0.194 e. The number of aliphatic hydroxyl groups is 2. The highest BCUT2D eigenvalue weighted by Crippen LogP contribution is 2.20. The first-order valence-electron chi connectivity index (χ1n) is 6.16. The highest BCUT2D eigenvalue weighted by Gasteiger charge is 2.27. The number of nitrogens with zero attached hydrogens (tertiary/aromatic N) is 1. The quantitative estimate of drug-likeness (QED) is 0.817. The highest BCUT2D eigenvalue weighted by atomic mass is 19.2. The molecule has 0 spiro atoms. The zero-order valence-corrected chi connectivity index (χ0v) is 10.3. The van der Waals surface area contributed by atoms with E-state index in [0.29, 0.717) is 25.1 Å². The maximum atomic E-state index is 13.1. The Morgan fingerprint density at radius 2 is 1.84 bits per heavy atom. The lowest BCUT2D eigenvalue weighted by Gasteiger charge is -2.35. The molecule has 2 rings (SSSR count). The molecular weight excluding hydrogens is 259 g/mol. The van der Waals surface area contributed by atoms with Crippen molar-refractivity contribution in [1.82, 2.24) is 4.90 Å². The van der Waals surface area contributed by atoms with Gasteiger partial charge in [0.1, 0.15) is 0 Å². The molecule has 19 heavy (non-hydrogen) atoms. The minimum absolute atomic E-state index is 0.135. The molecule has 2 N–H and O–H groups in total. The Labute approximate surface area is 109 Å². The molecule has 3 nitrogen and oxygen atoms in total. The molecule has 0 aromatic heterocycles. The van der Waals surface area contributed by atoms with Crippen LogP contribution < -0.4 is 0 Å². The molecule has 0 aliphatic carbocycles. The van der Waals surface area contributed by atoms with E-state index in [0.717, 1.165) is 12.1 Å². The van der Waals surface area contributed by atoms with Gasteiger partial charge in [0, 0.05) is 32.2 Å². The van der Waals surface area contributed by atoms with E-state index in [1.807, 2.05) is 4.90 Å². The summed E-state index contributed by atoms with van der Waals surface area (Å²) in [6.07, 6.45) is -0.0554. The first-order valence-corrected chi connectivity index (χ1v) is 6.16. The van der Waals surface area contributed by atoms with Crippen LogP contribution in [0.25, 0.3) is 0 Å². The zero-order valence-electron chi connectivity index (χ0n) is 10.3. The summed E-state index contributed by atoms with van der Waals surface area (Å²) < 4.78 is 39.0. The molecule has 0 saturated carbocycles. The fraction of sp³-hybridized carbons (Fsp3) is 0.538. The van der Waals surface area contributed by atoms with Gasteiger partial charge in [0.2, 0.25) is 0 Å². The van der Waals surface area contributed by atoms with Gasteiger partial charge < -0.3 is 10.2 Å².